The zero-order valence-corrected chi connectivity index (χ0v) is 11.3. The average molecular weight is 275 g/mol. The largest absolute Gasteiger partial charge is 0.481 e. The van der Waals surface area contributed by atoms with Gasteiger partial charge in [-0.2, -0.15) is 5.26 Å². The van der Waals surface area contributed by atoms with Crippen molar-refractivity contribution in [2.75, 3.05) is 25.1 Å². The van der Waals surface area contributed by atoms with E-state index in [1.807, 2.05) is 6.92 Å². The molecule has 106 valence electrons. The van der Waals surface area contributed by atoms with Crippen molar-refractivity contribution in [2.45, 2.75) is 19.8 Å². The second kappa shape index (κ2) is 5.88. The van der Waals surface area contributed by atoms with Crippen molar-refractivity contribution in [3.8, 4) is 6.07 Å². The van der Waals surface area contributed by atoms with E-state index >= 15 is 0 Å². The molecule has 2 heterocycles. The average Bonchev–Trinajstić information content (AvgIpc) is 2.46. The van der Waals surface area contributed by atoms with Crippen molar-refractivity contribution in [1.82, 2.24) is 4.98 Å². The molecule has 0 spiro atoms. The number of anilines is 1. The lowest BCUT2D eigenvalue weighted by Crippen LogP contribution is -2.42. The van der Waals surface area contributed by atoms with Gasteiger partial charge >= 0.3 is 5.97 Å². The molecule has 1 aliphatic rings. The summed E-state index contributed by atoms with van der Waals surface area (Å²) in [6.07, 6.45) is 0.923. The standard InChI is InChI=1S/C14H17N3O3/c1-10-2-3-11(8-15)12(17-10)16-9-14(13(18)19)4-6-20-7-5-14/h2-3H,4-7,9H2,1H3,(H,16,17)(H,18,19). The minimum atomic E-state index is -0.851. The van der Waals surface area contributed by atoms with Crippen molar-refractivity contribution >= 4 is 11.8 Å². The third kappa shape index (κ3) is 2.89. The van der Waals surface area contributed by atoms with Gasteiger partial charge in [-0.25, -0.2) is 4.98 Å². The molecule has 0 aliphatic carbocycles. The first-order valence-electron chi connectivity index (χ1n) is 6.50. The van der Waals surface area contributed by atoms with Crippen LogP contribution in [0, 0.1) is 23.7 Å². The fourth-order valence-corrected chi connectivity index (χ4v) is 2.26. The smallest absolute Gasteiger partial charge is 0.311 e. The SMILES string of the molecule is Cc1ccc(C#N)c(NCC2(C(=O)O)CCOCC2)n1. The summed E-state index contributed by atoms with van der Waals surface area (Å²) in [6.45, 7) is 2.96. The Balaban J connectivity index is 2.16. The van der Waals surface area contributed by atoms with E-state index in [0.29, 0.717) is 37.4 Å². The molecule has 0 amide bonds. The van der Waals surface area contributed by atoms with E-state index in [-0.39, 0.29) is 6.54 Å². The van der Waals surface area contributed by atoms with Crippen LogP contribution in [0.4, 0.5) is 5.82 Å². The molecule has 0 atom stereocenters. The highest BCUT2D eigenvalue weighted by atomic mass is 16.5. The van der Waals surface area contributed by atoms with Crippen LogP contribution >= 0.6 is 0 Å². The molecule has 0 bridgehead atoms. The van der Waals surface area contributed by atoms with Crippen molar-refractivity contribution in [3.63, 3.8) is 0 Å². The van der Waals surface area contributed by atoms with Gasteiger partial charge in [0.25, 0.3) is 0 Å². The van der Waals surface area contributed by atoms with Crippen molar-refractivity contribution in [1.29, 1.82) is 5.26 Å². The first-order chi connectivity index (χ1) is 9.57. The predicted octanol–water partition coefficient (Wildman–Crippen LogP) is 1.55. The molecule has 1 saturated heterocycles. The van der Waals surface area contributed by atoms with E-state index in [9.17, 15) is 9.90 Å². The Kier molecular flexibility index (Phi) is 4.20. The number of carbonyl (C=O) groups is 1. The summed E-state index contributed by atoms with van der Waals surface area (Å²) in [5.74, 6) is -0.390. The number of nitriles is 1. The van der Waals surface area contributed by atoms with Gasteiger partial charge < -0.3 is 15.2 Å². The molecular formula is C14H17N3O3. The van der Waals surface area contributed by atoms with Gasteiger partial charge in [0.15, 0.2) is 0 Å². The Morgan fingerprint density at radius 1 is 1.55 bits per heavy atom. The van der Waals surface area contributed by atoms with Crippen LogP contribution in [-0.4, -0.2) is 35.8 Å². The maximum atomic E-state index is 11.5. The van der Waals surface area contributed by atoms with E-state index in [2.05, 4.69) is 16.4 Å². The first-order valence-corrected chi connectivity index (χ1v) is 6.50. The van der Waals surface area contributed by atoms with Crippen LogP contribution < -0.4 is 5.32 Å². The highest BCUT2D eigenvalue weighted by molar-refractivity contribution is 5.75. The Labute approximate surface area is 117 Å². The van der Waals surface area contributed by atoms with Crippen LogP contribution in [0.15, 0.2) is 12.1 Å². The third-order valence-electron chi connectivity index (χ3n) is 3.65. The molecule has 6 heteroatoms. The normalized spacial score (nSPS) is 17.2. The molecular weight excluding hydrogens is 258 g/mol. The molecule has 1 aliphatic heterocycles. The number of hydrogen-bond donors (Lipinski definition) is 2. The van der Waals surface area contributed by atoms with Gasteiger partial charge in [0.1, 0.15) is 11.9 Å². The second-order valence-corrected chi connectivity index (χ2v) is 5.01. The minimum absolute atomic E-state index is 0.247. The van der Waals surface area contributed by atoms with Crippen LogP contribution in [0.5, 0.6) is 0 Å². The van der Waals surface area contributed by atoms with Gasteiger partial charge in [-0.3, -0.25) is 4.79 Å². The summed E-state index contributed by atoms with van der Waals surface area (Å²) in [5, 5.41) is 21.5. The number of carboxylic acids is 1. The quantitative estimate of drug-likeness (QED) is 0.865. The van der Waals surface area contributed by atoms with Crippen LogP contribution in [0.2, 0.25) is 0 Å². The summed E-state index contributed by atoms with van der Waals surface area (Å²) in [5.41, 5.74) is 0.349. The van der Waals surface area contributed by atoms with Gasteiger partial charge in [0.2, 0.25) is 0 Å². The van der Waals surface area contributed by atoms with E-state index in [1.165, 1.54) is 0 Å². The molecule has 2 rings (SSSR count). The number of ether oxygens (including phenoxy) is 1. The summed E-state index contributed by atoms with van der Waals surface area (Å²) in [6, 6.07) is 5.49. The first kappa shape index (κ1) is 14.3. The monoisotopic (exact) mass is 275 g/mol. The minimum Gasteiger partial charge on any atom is -0.481 e. The molecule has 0 unspecified atom stereocenters. The second-order valence-electron chi connectivity index (χ2n) is 5.01. The fraction of sp³-hybridized carbons (Fsp3) is 0.500. The molecule has 0 aromatic carbocycles. The van der Waals surface area contributed by atoms with Crippen LogP contribution in [0.25, 0.3) is 0 Å². The molecule has 1 aromatic heterocycles. The van der Waals surface area contributed by atoms with Crippen LogP contribution in [0.1, 0.15) is 24.1 Å². The molecule has 20 heavy (non-hydrogen) atoms. The lowest BCUT2D eigenvalue weighted by molar-refractivity contribution is -0.153. The number of carboxylic acid groups (broad SMARTS) is 1. The molecule has 6 nitrogen and oxygen atoms in total. The van der Waals surface area contributed by atoms with E-state index in [4.69, 9.17) is 10.00 Å². The van der Waals surface area contributed by atoms with E-state index in [0.717, 1.165) is 5.69 Å². The molecule has 2 N–H and O–H groups in total. The van der Waals surface area contributed by atoms with Gasteiger partial charge in [-0.15, -0.1) is 0 Å². The number of aliphatic carboxylic acids is 1. The summed E-state index contributed by atoms with van der Waals surface area (Å²) in [7, 11) is 0. The zero-order chi connectivity index (χ0) is 14.6. The number of nitrogens with one attached hydrogen (secondary N) is 1. The maximum Gasteiger partial charge on any atom is 0.311 e. The highest BCUT2D eigenvalue weighted by Crippen LogP contribution is 2.31. The number of nitrogens with zero attached hydrogens (tertiary/aromatic N) is 2. The van der Waals surface area contributed by atoms with Gasteiger partial charge in [0.05, 0.1) is 11.0 Å². The van der Waals surface area contributed by atoms with E-state index in [1.54, 1.807) is 12.1 Å². The van der Waals surface area contributed by atoms with Crippen LogP contribution in [0.3, 0.4) is 0 Å². The van der Waals surface area contributed by atoms with Crippen molar-refractivity contribution in [2.24, 2.45) is 5.41 Å². The topological polar surface area (TPSA) is 95.2 Å². The number of aromatic nitrogens is 1. The Hall–Kier alpha value is -2.13. The Morgan fingerprint density at radius 2 is 2.25 bits per heavy atom. The Morgan fingerprint density at radius 3 is 2.85 bits per heavy atom. The fourth-order valence-electron chi connectivity index (χ4n) is 2.26. The Bertz CT molecular complexity index is 545. The van der Waals surface area contributed by atoms with Crippen LogP contribution in [-0.2, 0) is 9.53 Å². The summed E-state index contributed by atoms with van der Waals surface area (Å²) >= 11 is 0. The van der Waals surface area contributed by atoms with E-state index < -0.39 is 11.4 Å². The molecule has 1 fully saturated rings. The maximum absolute atomic E-state index is 11.5. The summed E-state index contributed by atoms with van der Waals surface area (Å²) in [4.78, 5) is 15.8. The zero-order valence-electron chi connectivity index (χ0n) is 11.3. The number of hydrogen-bond acceptors (Lipinski definition) is 5. The lowest BCUT2D eigenvalue weighted by Gasteiger charge is -2.33. The van der Waals surface area contributed by atoms with Gasteiger partial charge in [0, 0.05) is 25.5 Å². The number of pyridine rings is 1. The number of rotatable bonds is 4. The molecule has 0 radical (unpaired) electrons. The highest BCUT2D eigenvalue weighted by Gasteiger charge is 2.40. The molecule has 0 saturated carbocycles. The van der Waals surface area contributed by atoms with Gasteiger partial charge in [-0.1, -0.05) is 0 Å². The van der Waals surface area contributed by atoms with Crippen molar-refractivity contribution in [3.05, 3.63) is 23.4 Å². The molecule has 1 aromatic rings. The summed E-state index contributed by atoms with van der Waals surface area (Å²) < 4.78 is 5.23. The number of aryl methyl sites for hydroxylation is 1. The lowest BCUT2D eigenvalue weighted by atomic mass is 9.80. The van der Waals surface area contributed by atoms with Gasteiger partial charge in [-0.05, 0) is 31.9 Å². The van der Waals surface area contributed by atoms with Crippen molar-refractivity contribution < 1.29 is 14.6 Å². The third-order valence-corrected chi connectivity index (χ3v) is 3.65. The predicted molar refractivity (Wildman–Crippen MR) is 72.3 cm³/mol.